The van der Waals surface area contributed by atoms with Crippen molar-refractivity contribution in [2.24, 2.45) is 5.92 Å². The van der Waals surface area contributed by atoms with E-state index in [0.717, 1.165) is 13.0 Å². The summed E-state index contributed by atoms with van der Waals surface area (Å²) in [5, 5.41) is 13.2. The molecule has 0 bridgehead atoms. The Kier molecular flexibility index (Phi) is 3.65. The van der Waals surface area contributed by atoms with Gasteiger partial charge in [-0.2, -0.15) is 0 Å². The van der Waals surface area contributed by atoms with Crippen molar-refractivity contribution < 1.29 is 9.84 Å². The lowest BCUT2D eigenvalue weighted by Gasteiger charge is -2.33. The molecule has 2 aliphatic rings. The monoisotopic (exact) mass is 213 g/mol. The summed E-state index contributed by atoms with van der Waals surface area (Å²) >= 11 is 0. The van der Waals surface area contributed by atoms with E-state index in [9.17, 15) is 5.11 Å². The van der Waals surface area contributed by atoms with Gasteiger partial charge in [0.1, 0.15) is 0 Å². The molecule has 0 spiro atoms. The fourth-order valence-corrected chi connectivity index (χ4v) is 2.17. The summed E-state index contributed by atoms with van der Waals surface area (Å²) in [6, 6.07) is 0.642. The fourth-order valence-electron chi connectivity index (χ4n) is 2.17. The van der Waals surface area contributed by atoms with Crippen LogP contribution in [-0.2, 0) is 4.74 Å². The smallest absolute Gasteiger partial charge is 0.0681 e. The molecule has 0 radical (unpaired) electrons. The van der Waals surface area contributed by atoms with Gasteiger partial charge >= 0.3 is 0 Å². The van der Waals surface area contributed by atoms with Gasteiger partial charge < -0.3 is 15.2 Å². The molecule has 0 aromatic rings. The number of aliphatic hydroxyl groups is 1. The Hall–Kier alpha value is -0.120. The quantitative estimate of drug-likeness (QED) is 0.597. The number of hydrogen-bond donors (Lipinski definition) is 2. The molecule has 3 nitrogen and oxygen atoms in total. The van der Waals surface area contributed by atoms with E-state index in [4.69, 9.17) is 4.74 Å². The molecule has 0 aliphatic heterocycles. The summed E-state index contributed by atoms with van der Waals surface area (Å²) in [7, 11) is 0. The Morgan fingerprint density at radius 1 is 1.33 bits per heavy atom. The van der Waals surface area contributed by atoms with Crippen LogP contribution in [0, 0.1) is 5.92 Å². The van der Waals surface area contributed by atoms with Gasteiger partial charge in [-0.05, 0) is 38.0 Å². The number of aliphatic hydroxyl groups excluding tert-OH is 1. The van der Waals surface area contributed by atoms with E-state index in [1.165, 1.54) is 25.7 Å². The van der Waals surface area contributed by atoms with E-state index >= 15 is 0 Å². The highest BCUT2D eigenvalue weighted by Gasteiger charge is 2.47. The Balaban J connectivity index is 1.86. The Morgan fingerprint density at radius 2 is 2.07 bits per heavy atom. The zero-order valence-electron chi connectivity index (χ0n) is 9.67. The van der Waals surface area contributed by atoms with E-state index in [1.807, 2.05) is 0 Å². The molecule has 2 rings (SSSR count). The van der Waals surface area contributed by atoms with Gasteiger partial charge in [0, 0.05) is 12.6 Å². The summed E-state index contributed by atoms with van der Waals surface area (Å²) < 4.78 is 5.65. The lowest BCUT2D eigenvalue weighted by atomic mass is 9.95. The highest BCUT2D eigenvalue weighted by molar-refractivity contribution is 5.04. The lowest BCUT2D eigenvalue weighted by Crippen LogP contribution is -2.55. The Labute approximate surface area is 92.2 Å². The summed E-state index contributed by atoms with van der Waals surface area (Å²) in [6.07, 6.45) is 6.08. The molecule has 3 heteroatoms. The van der Waals surface area contributed by atoms with Gasteiger partial charge in [0.25, 0.3) is 0 Å². The molecule has 1 unspecified atom stereocenters. The molecule has 0 amide bonds. The highest BCUT2D eigenvalue weighted by atomic mass is 16.5. The second-order valence-corrected chi connectivity index (χ2v) is 5.06. The van der Waals surface area contributed by atoms with Crippen LogP contribution in [0.2, 0.25) is 0 Å². The van der Waals surface area contributed by atoms with Crippen molar-refractivity contribution in [3.63, 3.8) is 0 Å². The first-order valence-corrected chi connectivity index (χ1v) is 6.27. The molecule has 1 atom stereocenters. The maximum absolute atomic E-state index is 9.62. The van der Waals surface area contributed by atoms with Gasteiger partial charge in [0.15, 0.2) is 0 Å². The molecule has 0 aromatic carbocycles. The van der Waals surface area contributed by atoms with Crippen LogP contribution >= 0.6 is 0 Å². The molecule has 2 saturated carbocycles. The van der Waals surface area contributed by atoms with Gasteiger partial charge in [0.05, 0.1) is 18.8 Å². The topological polar surface area (TPSA) is 41.5 Å². The third kappa shape index (κ3) is 2.92. The zero-order valence-corrected chi connectivity index (χ0v) is 9.67. The van der Waals surface area contributed by atoms with Crippen molar-refractivity contribution in [3.8, 4) is 0 Å². The second-order valence-electron chi connectivity index (χ2n) is 5.06. The van der Waals surface area contributed by atoms with E-state index < -0.39 is 0 Å². The zero-order chi connectivity index (χ0) is 10.7. The van der Waals surface area contributed by atoms with E-state index in [-0.39, 0.29) is 12.1 Å². The maximum Gasteiger partial charge on any atom is 0.0681 e. The van der Waals surface area contributed by atoms with Crippen LogP contribution in [0.4, 0.5) is 0 Å². The molecule has 2 N–H and O–H groups in total. The van der Waals surface area contributed by atoms with Crippen LogP contribution < -0.4 is 5.32 Å². The Morgan fingerprint density at radius 3 is 2.53 bits per heavy atom. The predicted molar refractivity (Wildman–Crippen MR) is 59.8 cm³/mol. The third-order valence-electron chi connectivity index (χ3n) is 3.42. The normalized spacial score (nSPS) is 25.2. The van der Waals surface area contributed by atoms with Gasteiger partial charge in [-0.1, -0.05) is 6.92 Å². The van der Waals surface area contributed by atoms with Crippen molar-refractivity contribution >= 4 is 0 Å². The minimum Gasteiger partial charge on any atom is -0.394 e. The number of ether oxygens (including phenoxy) is 1. The number of rotatable bonds is 8. The van der Waals surface area contributed by atoms with Gasteiger partial charge in [-0.25, -0.2) is 0 Å². The largest absolute Gasteiger partial charge is 0.394 e. The summed E-state index contributed by atoms with van der Waals surface area (Å²) in [4.78, 5) is 0. The van der Waals surface area contributed by atoms with Crippen LogP contribution in [0.3, 0.4) is 0 Å². The van der Waals surface area contributed by atoms with Crippen molar-refractivity contribution in [1.29, 1.82) is 0 Å². The van der Waals surface area contributed by atoms with Crippen molar-refractivity contribution in [2.45, 2.75) is 50.6 Å². The van der Waals surface area contributed by atoms with Crippen LogP contribution in [0.15, 0.2) is 0 Å². The number of nitrogens with one attached hydrogen (secondary N) is 1. The first-order valence-electron chi connectivity index (χ1n) is 6.27. The first kappa shape index (κ1) is 11.4. The van der Waals surface area contributed by atoms with Crippen LogP contribution in [-0.4, -0.2) is 36.5 Å². The second kappa shape index (κ2) is 4.81. The fraction of sp³-hybridized carbons (Fsp3) is 1.00. The van der Waals surface area contributed by atoms with E-state index in [2.05, 4.69) is 12.2 Å². The van der Waals surface area contributed by atoms with Crippen LogP contribution in [0.25, 0.3) is 0 Å². The molecular formula is C12H23NO2. The molecule has 2 aliphatic carbocycles. The lowest BCUT2D eigenvalue weighted by molar-refractivity contribution is 0.0228. The van der Waals surface area contributed by atoms with Gasteiger partial charge in [-0.15, -0.1) is 0 Å². The highest BCUT2D eigenvalue weighted by Crippen LogP contribution is 2.41. The van der Waals surface area contributed by atoms with Crippen molar-refractivity contribution in [1.82, 2.24) is 5.32 Å². The van der Waals surface area contributed by atoms with Gasteiger partial charge in [0.2, 0.25) is 0 Å². The Bertz CT molecular complexity index is 202. The first-order chi connectivity index (χ1) is 7.30. The number of hydrogen-bond acceptors (Lipinski definition) is 3. The SMILES string of the molecule is CCCOCC(CO)(NC1CC1)C1CC1. The maximum atomic E-state index is 9.62. The van der Waals surface area contributed by atoms with E-state index in [1.54, 1.807) is 0 Å². The molecule has 88 valence electrons. The van der Waals surface area contributed by atoms with Crippen LogP contribution in [0.5, 0.6) is 0 Å². The van der Waals surface area contributed by atoms with Gasteiger partial charge in [-0.3, -0.25) is 0 Å². The standard InChI is InChI=1S/C12H23NO2/c1-2-7-15-9-12(8-14,10-3-4-10)13-11-5-6-11/h10-11,13-14H,2-9H2,1H3. The van der Waals surface area contributed by atoms with E-state index in [0.29, 0.717) is 18.6 Å². The minimum absolute atomic E-state index is 0.129. The average Bonchev–Trinajstić information content (AvgIpc) is 3.09. The average molecular weight is 213 g/mol. The molecule has 0 heterocycles. The van der Waals surface area contributed by atoms with Crippen LogP contribution in [0.1, 0.15) is 39.0 Å². The molecule has 0 saturated heterocycles. The predicted octanol–water partition coefficient (Wildman–Crippen LogP) is 1.31. The third-order valence-corrected chi connectivity index (χ3v) is 3.42. The van der Waals surface area contributed by atoms with Crippen molar-refractivity contribution in [2.75, 3.05) is 19.8 Å². The molecular weight excluding hydrogens is 190 g/mol. The summed E-state index contributed by atoms with van der Waals surface area (Å²) in [5.41, 5.74) is -0.129. The summed E-state index contributed by atoms with van der Waals surface area (Å²) in [6.45, 7) is 3.82. The van der Waals surface area contributed by atoms with Crippen molar-refractivity contribution in [3.05, 3.63) is 0 Å². The molecule has 2 fully saturated rings. The molecule has 15 heavy (non-hydrogen) atoms. The minimum atomic E-state index is -0.129. The molecule has 0 aromatic heterocycles. The summed E-state index contributed by atoms with van der Waals surface area (Å²) in [5.74, 6) is 0.639.